The normalized spacial score (nSPS) is 10.2. The van der Waals surface area contributed by atoms with Gasteiger partial charge in [-0.2, -0.15) is 0 Å². The topological polar surface area (TPSA) is 58.6 Å². The smallest absolute Gasteiger partial charge is 0.221 e. The summed E-state index contributed by atoms with van der Waals surface area (Å²) in [5.74, 6) is 0.896. The van der Waals surface area contributed by atoms with Crippen molar-refractivity contribution in [3.05, 3.63) is 52.5 Å². The Bertz CT molecular complexity index is 628. The molecule has 0 aliphatic heterocycles. The van der Waals surface area contributed by atoms with Gasteiger partial charge in [0, 0.05) is 17.0 Å². The van der Waals surface area contributed by atoms with E-state index in [0.29, 0.717) is 22.7 Å². The van der Waals surface area contributed by atoms with Gasteiger partial charge in [-0.1, -0.05) is 34.1 Å². The molecule has 2 N–H and O–H groups in total. The minimum Gasteiger partial charge on any atom is -0.455 e. The Labute approximate surface area is 125 Å². The molecule has 0 radical (unpaired) electrons. The van der Waals surface area contributed by atoms with Crippen molar-refractivity contribution in [3.8, 4) is 11.5 Å². The van der Waals surface area contributed by atoms with Gasteiger partial charge in [0.2, 0.25) is 5.91 Å². The Balaban J connectivity index is 2.34. The number of para-hydroxylation sites is 2. The predicted molar refractivity (Wildman–Crippen MR) is 80.9 cm³/mol. The van der Waals surface area contributed by atoms with E-state index in [4.69, 9.17) is 4.74 Å². The van der Waals surface area contributed by atoms with Gasteiger partial charge in [0.15, 0.2) is 5.75 Å². The monoisotopic (exact) mass is 335 g/mol. The van der Waals surface area contributed by atoms with E-state index < -0.39 is 0 Å². The SMILES string of the molecule is CC(=O)Nc1ccccc1Oc1cc(Br)ccc1CO. The van der Waals surface area contributed by atoms with E-state index in [1.807, 2.05) is 18.2 Å². The molecule has 0 saturated heterocycles. The van der Waals surface area contributed by atoms with Crippen LogP contribution in [0.2, 0.25) is 0 Å². The molecule has 1 amide bonds. The van der Waals surface area contributed by atoms with Gasteiger partial charge in [-0.25, -0.2) is 0 Å². The number of benzene rings is 2. The molecule has 2 aromatic carbocycles. The van der Waals surface area contributed by atoms with E-state index in [2.05, 4.69) is 21.2 Å². The fourth-order valence-electron chi connectivity index (χ4n) is 1.72. The van der Waals surface area contributed by atoms with Crippen molar-refractivity contribution in [1.82, 2.24) is 0 Å². The van der Waals surface area contributed by atoms with E-state index in [1.54, 1.807) is 24.3 Å². The summed E-state index contributed by atoms with van der Waals surface area (Å²) in [5.41, 5.74) is 1.26. The highest BCUT2D eigenvalue weighted by atomic mass is 79.9. The molecular weight excluding hydrogens is 322 g/mol. The third-order valence-electron chi connectivity index (χ3n) is 2.62. The Hall–Kier alpha value is -1.85. The van der Waals surface area contributed by atoms with Crippen LogP contribution < -0.4 is 10.1 Å². The first-order valence-electron chi connectivity index (χ1n) is 6.04. The first-order valence-corrected chi connectivity index (χ1v) is 6.83. The average Bonchev–Trinajstić information content (AvgIpc) is 2.41. The van der Waals surface area contributed by atoms with Crippen LogP contribution in [0.4, 0.5) is 5.69 Å². The highest BCUT2D eigenvalue weighted by Crippen LogP contribution is 2.33. The molecule has 0 heterocycles. The van der Waals surface area contributed by atoms with E-state index in [1.165, 1.54) is 6.92 Å². The lowest BCUT2D eigenvalue weighted by Crippen LogP contribution is -2.07. The zero-order chi connectivity index (χ0) is 14.5. The molecule has 20 heavy (non-hydrogen) atoms. The van der Waals surface area contributed by atoms with Gasteiger partial charge < -0.3 is 15.2 Å². The van der Waals surface area contributed by atoms with Crippen molar-refractivity contribution in [3.63, 3.8) is 0 Å². The van der Waals surface area contributed by atoms with Gasteiger partial charge in [0.1, 0.15) is 5.75 Å². The molecule has 0 aliphatic rings. The van der Waals surface area contributed by atoms with Crippen molar-refractivity contribution < 1.29 is 14.6 Å². The Kier molecular flexibility index (Phi) is 4.76. The number of aliphatic hydroxyl groups is 1. The molecule has 0 unspecified atom stereocenters. The molecule has 104 valence electrons. The lowest BCUT2D eigenvalue weighted by molar-refractivity contribution is -0.114. The van der Waals surface area contributed by atoms with Crippen LogP contribution >= 0.6 is 15.9 Å². The van der Waals surface area contributed by atoms with Gasteiger partial charge in [0.25, 0.3) is 0 Å². The van der Waals surface area contributed by atoms with Crippen LogP contribution in [0.1, 0.15) is 12.5 Å². The summed E-state index contributed by atoms with van der Waals surface area (Å²) in [6, 6.07) is 12.5. The molecular formula is C15H14BrNO3. The van der Waals surface area contributed by atoms with Crippen LogP contribution in [0.3, 0.4) is 0 Å². The summed E-state index contributed by atoms with van der Waals surface area (Å²) in [6.07, 6.45) is 0. The Morgan fingerprint density at radius 1 is 1.25 bits per heavy atom. The number of nitrogens with one attached hydrogen (secondary N) is 1. The van der Waals surface area contributed by atoms with Crippen LogP contribution in [0, 0.1) is 0 Å². The van der Waals surface area contributed by atoms with Crippen molar-refractivity contribution in [2.45, 2.75) is 13.5 Å². The molecule has 0 aromatic heterocycles. The molecule has 0 bridgehead atoms. The number of halogens is 1. The number of amides is 1. The number of carbonyl (C=O) groups excluding carboxylic acids is 1. The Morgan fingerprint density at radius 2 is 2.00 bits per heavy atom. The fourth-order valence-corrected chi connectivity index (χ4v) is 2.06. The first-order chi connectivity index (χ1) is 9.60. The molecule has 2 rings (SSSR count). The van der Waals surface area contributed by atoms with Gasteiger partial charge in [0.05, 0.1) is 12.3 Å². The number of aliphatic hydroxyl groups excluding tert-OH is 1. The standard InChI is InChI=1S/C15H14BrNO3/c1-10(19)17-13-4-2-3-5-14(13)20-15-8-12(16)7-6-11(15)9-18/h2-8,18H,9H2,1H3,(H,17,19). The maximum atomic E-state index is 11.2. The molecule has 5 heteroatoms. The predicted octanol–water partition coefficient (Wildman–Crippen LogP) is 3.69. The summed E-state index contributed by atoms with van der Waals surface area (Å²) >= 11 is 3.37. The van der Waals surface area contributed by atoms with Crippen molar-refractivity contribution >= 4 is 27.5 Å². The molecule has 4 nitrogen and oxygen atoms in total. The molecule has 0 fully saturated rings. The molecule has 0 atom stereocenters. The van der Waals surface area contributed by atoms with E-state index >= 15 is 0 Å². The van der Waals surface area contributed by atoms with Crippen LogP contribution in [0.25, 0.3) is 0 Å². The maximum absolute atomic E-state index is 11.2. The van der Waals surface area contributed by atoms with Crippen LogP contribution in [-0.4, -0.2) is 11.0 Å². The van der Waals surface area contributed by atoms with E-state index in [-0.39, 0.29) is 12.5 Å². The highest BCUT2D eigenvalue weighted by Gasteiger charge is 2.09. The maximum Gasteiger partial charge on any atom is 0.221 e. The quantitative estimate of drug-likeness (QED) is 0.895. The highest BCUT2D eigenvalue weighted by molar-refractivity contribution is 9.10. The number of ether oxygens (including phenoxy) is 1. The lowest BCUT2D eigenvalue weighted by Gasteiger charge is -2.13. The second kappa shape index (κ2) is 6.54. The van der Waals surface area contributed by atoms with Gasteiger partial charge in [-0.15, -0.1) is 0 Å². The lowest BCUT2D eigenvalue weighted by atomic mass is 10.2. The number of hydrogen-bond acceptors (Lipinski definition) is 3. The second-order valence-corrected chi connectivity index (χ2v) is 5.11. The molecule has 0 spiro atoms. The van der Waals surface area contributed by atoms with E-state index in [0.717, 1.165) is 4.47 Å². The zero-order valence-electron chi connectivity index (χ0n) is 10.9. The minimum atomic E-state index is -0.169. The third-order valence-corrected chi connectivity index (χ3v) is 3.11. The largest absolute Gasteiger partial charge is 0.455 e. The summed E-state index contributed by atoms with van der Waals surface area (Å²) in [4.78, 5) is 11.2. The van der Waals surface area contributed by atoms with Gasteiger partial charge >= 0.3 is 0 Å². The molecule has 0 aliphatic carbocycles. The number of anilines is 1. The third kappa shape index (κ3) is 3.59. The Morgan fingerprint density at radius 3 is 2.70 bits per heavy atom. The zero-order valence-corrected chi connectivity index (χ0v) is 12.5. The van der Waals surface area contributed by atoms with E-state index in [9.17, 15) is 9.90 Å². The van der Waals surface area contributed by atoms with Crippen LogP contribution in [0.5, 0.6) is 11.5 Å². The minimum absolute atomic E-state index is 0.120. The summed E-state index contributed by atoms with van der Waals surface area (Å²) < 4.78 is 6.66. The number of hydrogen-bond donors (Lipinski definition) is 2. The average molecular weight is 336 g/mol. The van der Waals surface area contributed by atoms with Crippen molar-refractivity contribution in [1.29, 1.82) is 0 Å². The van der Waals surface area contributed by atoms with Gasteiger partial charge in [-0.05, 0) is 24.3 Å². The second-order valence-electron chi connectivity index (χ2n) is 4.19. The fraction of sp³-hybridized carbons (Fsp3) is 0.133. The number of rotatable bonds is 4. The molecule has 2 aromatic rings. The summed E-state index contributed by atoms with van der Waals surface area (Å²) in [5, 5.41) is 12.0. The summed E-state index contributed by atoms with van der Waals surface area (Å²) in [6.45, 7) is 1.32. The van der Waals surface area contributed by atoms with Crippen molar-refractivity contribution in [2.75, 3.05) is 5.32 Å². The molecule has 0 saturated carbocycles. The van der Waals surface area contributed by atoms with Gasteiger partial charge in [-0.3, -0.25) is 4.79 Å². The van der Waals surface area contributed by atoms with Crippen molar-refractivity contribution in [2.24, 2.45) is 0 Å². The summed E-state index contributed by atoms with van der Waals surface area (Å²) in [7, 11) is 0. The number of carbonyl (C=O) groups is 1. The first kappa shape index (κ1) is 14.6. The van der Waals surface area contributed by atoms with Crippen LogP contribution in [0.15, 0.2) is 46.9 Å². The van der Waals surface area contributed by atoms with Crippen LogP contribution in [-0.2, 0) is 11.4 Å².